The van der Waals surface area contributed by atoms with Gasteiger partial charge in [-0.05, 0) is 80.0 Å². The van der Waals surface area contributed by atoms with Crippen LogP contribution in [-0.4, -0.2) is 18.9 Å². The van der Waals surface area contributed by atoms with E-state index in [1.165, 1.54) is 38.5 Å². The molecule has 0 amide bonds. The first-order chi connectivity index (χ1) is 10.2. The second kappa shape index (κ2) is 3.84. The highest BCUT2D eigenvalue weighted by molar-refractivity contribution is 7.93. The Balaban J connectivity index is 1.59. The summed E-state index contributed by atoms with van der Waals surface area (Å²) in [5.74, 6) is 0.892. The molecule has 6 bridgehead atoms. The highest BCUT2D eigenvalue weighted by Crippen LogP contribution is 2.72. The summed E-state index contributed by atoms with van der Waals surface area (Å²) in [6, 6.07) is 0. The smallest absolute Gasteiger partial charge is 0.159 e. The van der Waals surface area contributed by atoms with Gasteiger partial charge in [0.25, 0.3) is 0 Å². The number of allylic oxidation sites excluding steroid dienone is 1. The zero-order valence-corrected chi connectivity index (χ0v) is 14.7. The predicted molar refractivity (Wildman–Crippen MR) is 88.3 cm³/mol. The van der Waals surface area contributed by atoms with Crippen LogP contribution in [0.4, 0.5) is 0 Å². The van der Waals surface area contributed by atoms with E-state index in [-0.39, 0.29) is 10.5 Å². The molecule has 3 heteroatoms. The van der Waals surface area contributed by atoms with Gasteiger partial charge in [0.05, 0.1) is 10.5 Å². The van der Waals surface area contributed by atoms with Crippen molar-refractivity contribution in [2.75, 3.05) is 0 Å². The van der Waals surface area contributed by atoms with E-state index >= 15 is 0 Å². The molecule has 122 valence electrons. The first kappa shape index (κ1) is 14.1. The average molecular weight is 320 g/mol. The van der Waals surface area contributed by atoms with Crippen LogP contribution in [0.25, 0.3) is 0 Å². The van der Waals surface area contributed by atoms with Gasteiger partial charge in [-0.2, -0.15) is 0 Å². The first-order valence-corrected chi connectivity index (χ1v) is 10.8. The molecule has 0 N–H and O–H groups in total. The first-order valence-electron chi connectivity index (χ1n) is 9.16. The molecule has 4 saturated carbocycles. The summed E-state index contributed by atoms with van der Waals surface area (Å²) in [6.45, 7) is 5.03. The Morgan fingerprint density at radius 2 is 1.68 bits per heavy atom. The third-order valence-corrected chi connectivity index (χ3v) is 10.3. The summed E-state index contributed by atoms with van der Waals surface area (Å²) in [7, 11) is -2.84. The van der Waals surface area contributed by atoms with Gasteiger partial charge in [-0.25, -0.2) is 8.42 Å². The summed E-state index contributed by atoms with van der Waals surface area (Å²) in [4.78, 5) is 0. The van der Waals surface area contributed by atoms with Gasteiger partial charge in [-0.1, -0.05) is 25.5 Å². The van der Waals surface area contributed by atoms with Crippen molar-refractivity contribution < 1.29 is 8.42 Å². The fraction of sp³-hybridized carbons (Fsp3) is 0.895. The van der Waals surface area contributed by atoms with Crippen molar-refractivity contribution in [2.45, 2.75) is 82.1 Å². The van der Waals surface area contributed by atoms with Gasteiger partial charge < -0.3 is 0 Å². The SMILES string of the molecule is CC12CC3CC(C)(C1)CC(C1=CC4CCC(C1)S4(=O)=O)(C3)C2. The van der Waals surface area contributed by atoms with Crippen molar-refractivity contribution in [3.05, 3.63) is 11.6 Å². The topological polar surface area (TPSA) is 34.1 Å². The third-order valence-electron chi connectivity index (χ3n) is 7.80. The highest BCUT2D eigenvalue weighted by atomic mass is 32.2. The van der Waals surface area contributed by atoms with Crippen molar-refractivity contribution >= 4 is 9.84 Å². The molecular formula is C19H28O2S. The van der Waals surface area contributed by atoms with Crippen LogP contribution in [0, 0.1) is 22.2 Å². The molecule has 0 aromatic carbocycles. The van der Waals surface area contributed by atoms with E-state index in [0.717, 1.165) is 25.2 Å². The van der Waals surface area contributed by atoms with E-state index in [0.29, 0.717) is 16.2 Å². The highest BCUT2D eigenvalue weighted by Gasteiger charge is 2.62. The Hall–Kier alpha value is -0.310. The largest absolute Gasteiger partial charge is 0.228 e. The monoisotopic (exact) mass is 320 g/mol. The summed E-state index contributed by atoms with van der Waals surface area (Å²) in [5, 5.41) is -0.194. The molecule has 4 atom stereocenters. The molecule has 4 unspecified atom stereocenters. The number of hydrogen-bond donors (Lipinski definition) is 0. The average Bonchev–Trinajstić information content (AvgIpc) is 2.55. The summed E-state index contributed by atoms with van der Waals surface area (Å²) >= 11 is 0. The maximum atomic E-state index is 12.4. The zero-order valence-electron chi connectivity index (χ0n) is 13.9. The third kappa shape index (κ3) is 1.70. The Kier molecular flexibility index (Phi) is 2.46. The minimum atomic E-state index is -2.84. The van der Waals surface area contributed by atoms with Crippen molar-refractivity contribution in [3.63, 3.8) is 0 Å². The lowest BCUT2D eigenvalue weighted by Gasteiger charge is -2.66. The van der Waals surface area contributed by atoms with Crippen molar-refractivity contribution in [1.29, 1.82) is 0 Å². The second-order valence-electron chi connectivity index (χ2n) is 10.1. The van der Waals surface area contributed by atoms with Crippen molar-refractivity contribution in [2.24, 2.45) is 22.2 Å². The standard InChI is InChI=1S/C19H28O2S/c1-17-7-13-8-18(2,10-17)12-19(9-13,11-17)14-5-15-3-4-16(6-14)22(15,20)21/h5,13,15-16H,3-4,6-12H2,1-2H3. The van der Waals surface area contributed by atoms with Gasteiger partial charge in [0, 0.05) is 0 Å². The zero-order chi connectivity index (χ0) is 15.4. The Morgan fingerprint density at radius 3 is 2.27 bits per heavy atom. The van der Waals surface area contributed by atoms with E-state index in [1.807, 2.05) is 0 Å². The summed E-state index contributed by atoms with van der Waals surface area (Å²) in [6.07, 6.45) is 13.1. The van der Waals surface area contributed by atoms with Gasteiger partial charge >= 0.3 is 0 Å². The maximum absolute atomic E-state index is 12.4. The van der Waals surface area contributed by atoms with Crippen LogP contribution in [0.5, 0.6) is 0 Å². The Morgan fingerprint density at radius 1 is 1.00 bits per heavy atom. The van der Waals surface area contributed by atoms with E-state index in [1.54, 1.807) is 5.57 Å². The minimum Gasteiger partial charge on any atom is -0.228 e. The van der Waals surface area contributed by atoms with Crippen LogP contribution in [-0.2, 0) is 9.84 Å². The number of hydrogen-bond acceptors (Lipinski definition) is 2. The Labute approximate surface area is 134 Å². The van der Waals surface area contributed by atoms with E-state index in [9.17, 15) is 8.42 Å². The van der Waals surface area contributed by atoms with E-state index < -0.39 is 9.84 Å². The number of sulfone groups is 1. The molecule has 2 heterocycles. The molecule has 0 radical (unpaired) electrons. The Bertz CT molecular complexity index is 656. The molecule has 0 aromatic heterocycles. The van der Waals surface area contributed by atoms with Gasteiger partial charge in [-0.15, -0.1) is 0 Å². The van der Waals surface area contributed by atoms with Gasteiger partial charge in [0.15, 0.2) is 9.84 Å². The molecule has 6 aliphatic rings. The maximum Gasteiger partial charge on any atom is 0.159 e. The molecule has 2 nitrogen and oxygen atoms in total. The summed E-state index contributed by atoms with van der Waals surface area (Å²) < 4.78 is 24.9. The van der Waals surface area contributed by atoms with Gasteiger partial charge in [-0.3, -0.25) is 0 Å². The van der Waals surface area contributed by atoms with Crippen LogP contribution in [0.2, 0.25) is 0 Å². The normalized spacial score (nSPS) is 57.9. The fourth-order valence-corrected chi connectivity index (χ4v) is 10.2. The molecular weight excluding hydrogens is 292 g/mol. The molecule has 1 saturated heterocycles. The predicted octanol–water partition coefficient (Wildman–Crippen LogP) is 4.26. The van der Waals surface area contributed by atoms with Crippen LogP contribution in [0.3, 0.4) is 0 Å². The van der Waals surface area contributed by atoms with Crippen LogP contribution >= 0.6 is 0 Å². The van der Waals surface area contributed by atoms with Crippen LogP contribution < -0.4 is 0 Å². The number of fused-ring (bicyclic) bond motifs is 2. The van der Waals surface area contributed by atoms with E-state index in [2.05, 4.69) is 19.9 Å². The lowest BCUT2D eigenvalue weighted by molar-refractivity contribution is -0.130. The molecule has 22 heavy (non-hydrogen) atoms. The van der Waals surface area contributed by atoms with E-state index in [4.69, 9.17) is 0 Å². The van der Waals surface area contributed by atoms with Crippen LogP contribution in [0.15, 0.2) is 11.6 Å². The van der Waals surface area contributed by atoms with Gasteiger partial charge in [0.1, 0.15) is 0 Å². The minimum absolute atomic E-state index is 0.0499. The quantitative estimate of drug-likeness (QED) is 0.677. The molecule has 4 aliphatic carbocycles. The summed E-state index contributed by atoms with van der Waals surface area (Å²) in [5.41, 5.74) is 2.96. The van der Waals surface area contributed by atoms with Crippen molar-refractivity contribution in [1.82, 2.24) is 0 Å². The number of rotatable bonds is 1. The fourth-order valence-electron chi connectivity index (χ4n) is 8.06. The molecule has 0 aromatic rings. The molecule has 2 aliphatic heterocycles. The molecule has 0 spiro atoms. The lowest BCUT2D eigenvalue weighted by atomic mass is 9.39. The lowest BCUT2D eigenvalue weighted by Crippen LogP contribution is -2.56. The van der Waals surface area contributed by atoms with Crippen LogP contribution in [0.1, 0.15) is 71.6 Å². The van der Waals surface area contributed by atoms with Crippen molar-refractivity contribution in [3.8, 4) is 0 Å². The molecule has 5 fully saturated rings. The van der Waals surface area contributed by atoms with Gasteiger partial charge in [0.2, 0.25) is 0 Å². The second-order valence-corrected chi connectivity index (χ2v) is 12.6. The molecule has 6 rings (SSSR count).